The maximum Gasteiger partial charge on any atom is 0.287 e. The number of aryl methyl sites for hydroxylation is 1. The van der Waals surface area contributed by atoms with Gasteiger partial charge in [0.15, 0.2) is 6.04 Å². The van der Waals surface area contributed by atoms with Crippen LogP contribution in [0.15, 0.2) is 33.8 Å². The molecule has 0 bridgehead atoms. The van der Waals surface area contributed by atoms with Crippen molar-refractivity contribution in [3.05, 3.63) is 34.0 Å². The summed E-state index contributed by atoms with van der Waals surface area (Å²) in [6, 6.07) is 1.35. The van der Waals surface area contributed by atoms with Gasteiger partial charge in [-0.2, -0.15) is 5.11 Å². The van der Waals surface area contributed by atoms with Crippen LogP contribution in [0.3, 0.4) is 0 Å². The van der Waals surface area contributed by atoms with E-state index in [1.165, 1.54) is 17.7 Å². The largest absolute Gasteiger partial charge is 0.338 e. The maximum atomic E-state index is 12.1. The van der Waals surface area contributed by atoms with Crippen molar-refractivity contribution in [1.29, 1.82) is 0 Å². The number of hydrogen-bond acceptors (Lipinski definition) is 4. The van der Waals surface area contributed by atoms with E-state index in [9.17, 15) is 9.59 Å². The summed E-state index contributed by atoms with van der Waals surface area (Å²) in [4.78, 5) is 25.6. The van der Waals surface area contributed by atoms with Crippen molar-refractivity contribution in [3.8, 4) is 0 Å². The van der Waals surface area contributed by atoms with E-state index >= 15 is 0 Å². The average Bonchev–Trinajstić information content (AvgIpc) is 2.75. The molecule has 0 saturated carbocycles. The molecule has 2 heterocycles. The molecular formula is C12H13N3O2S. The highest BCUT2D eigenvalue weighted by Crippen LogP contribution is 2.18. The van der Waals surface area contributed by atoms with Gasteiger partial charge in [-0.3, -0.25) is 9.59 Å². The molecule has 0 N–H and O–H groups in total. The Morgan fingerprint density at radius 2 is 2.33 bits per heavy atom. The van der Waals surface area contributed by atoms with Gasteiger partial charge < -0.3 is 4.90 Å². The Bertz CT molecular complexity index is 517. The molecule has 0 spiro atoms. The summed E-state index contributed by atoms with van der Waals surface area (Å²) in [6.07, 6.45) is 2.76. The van der Waals surface area contributed by atoms with Gasteiger partial charge in [0.05, 0.1) is 6.54 Å². The Morgan fingerprint density at radius 1 is 1.56 bits per heavy atom. The smallest absolute Gasteiger partial charge is 0.287 e. The number of nitrogens with zero attached hydrogens (tertiary/aromatic N) is 3. The van der Waals surface area contributed by atoms with Gasteiger partial charge >= 0.3 is 0 Å². The van der Waals surface area contributed by atoms with Crippen molar-refractivity contribution in [3.63, 3.8) is 0 Å². The van der Waals surface area contributed by atoms with Crippen molar-refractivity contribution in [2.45, 2.75) is 19.5 Å². The SMILES string of the molecule is Cc1ccsc1CN(C)C(=O)C1C=CC(=O)N=N1. The van der Waals surface area contributed by atoms with Gasteiger partial charge in [0.25, 0.3) is 11.8 Å². The second-order valence-electron chi connectivity index (χ2n) is 4.08. The number of azo groups is 1. The van der Waals surface area contributed by atoms with E-state index in [-0.39, 0.29) is 5.91 Å². The summed E-state index contributed by atoms with van der Waals surface area (Å²) < 4.78 is 0. The van der Waals surface area contributed by atoms with E-state index < -0.39 is 11.9 Å². The monoisotopic (exact) mass is 263 g/mol. The molecule has 0 saturated heterocycles. The van der Waals surface area contributed by atoms with Crippen LogP contribution in [0, 0.1) is 6.92 Å². The molecule has 94 valence electrons. The van der Waals surface area contributed by atoms with Gasteiger partial charge in [-0.15, -0.1) is 16.5 Å². The van der Waals surface area contributed by atoms with Crippen LogP contribution in [0.1, 0.15) is 10.4 Å². The number of amides is 2. The third-order valence-corrected chi connectivity index (χ3v) is 3.69. The Balaban J connectivity index is 2.01. The van der Waals surface area contributed by atoms with Crippen molar-refractivity contribution >= 4 is 23.2 Å². The molecule has 2 rings (SSSR count). The van der Waals surface area contributed by atoms with E-state index in [2.05, 4.69) is 10.2 Å². The highest BCUT2D eigenvalue weighted by atomic mass is 32.1. The molecule has 0 aliphatic carbocycles. The van der Waals surface area contributed by atoms with Gasteiger partial charge in [0, 0.05) is 18.0 Å². The third-order valence-electron chi connectivity index (χ3n) is 2.68. The minimum atomic E-state index is -0.673. The quantitative estimate of drug-likeness (QED) is 0.836. The summed E-state index contributed by atoms with van der Waals surface area (Å²) in [7, 11) is 1.72. The van der Waals surface area contributed by atoms with Crippen LogP contribution in [-0.2, 0) is 16.1 Å². The van der Waals surface area contributed by atoms with Crippen LogP contribution < -0.4 is 0 Å². The molecule has 1 aromatic rings. The van der Waals surface area contributed by atoms with Crippen LogP contribution in [0.5, 0.6) is 0 Å². The number of hydrogen-bond donors (Lipinski definition) is 0. The highest BCUT2D eigenvalue weighted by Gasteiger charge is 2.22. The van der Waals surface area contributed by atoms with Gasteiger partial charge in [0.1, 0.15) is 0 Å². The van der Waals surface area contributed by atoms with Gasteiger partial charge in [0.2, 0.25) is 0 Å². The van der Waals surface area contributed by atoms with Crippen molar-refractivity contribution in [1.82, 2.24) is 4.90 Å². The first kappa shape index (κ1) is 12.6. The first-order chi connectivity index (χ1) is 8.58. The Hall–Kier alpha value is -1.82. The first-order valence-electron chi connectivity index (χ1n) is 5.49. The minimum absolute atomic E-state index is 0.157. The summed E-state index contributed by atoms with van der Waals surface area (Å²) in [5, 5.41) is 9.07. The number of carbonyl (C=O) groups is 2. The average molecular weight is 263 g/mol. The first-order valence-corrected chi connectivity index (χ1v) is 6.37. The molecule has 1 unspecified atom stereocenters. The molecule has 0 radical (unpaired) electrons. The molecule has 1 atom stereocenters. The fourth-order valence-corrected chi connectivity index (χ4v) is 2.54. The lowest BCUT2D eigenvalue weighted by Crippen LogP contribution is -2.34. The summed E-state index contributed by atoms with van der Waals surface area (Å²) >= 11 is 1.62. The minimum Gasteiger partial charge on any atom is -0.338 e. The number of rotatable bonds is 3. The Labute approximate surface area is 109 Å². The standard InChI is InChI=1S/C12H13N3O2S/c1-8-5-6-18-10(8)7-15(2)12(17)9-3-4-11(16)14-13-9/h3-6,9H,7H2,1-2H3. The fourth-order valence-electron chi connectivity index (χ4n) is 1.58. The molecule has 1 aromatic heterocycles. The zero-order valence-corrected chi connectivity index (χ0v) is 11.0. The molecule has 1 aliphatic heterocycles. The third kappa shape index (κ3) is 2.70. The molecule has 2 amide bonds. The van der Waals surface area contributed by atoms with E-state index in [1.807, 2.05) is 18.4 Å². The normalized spacial score (nSPS) is 18.1. The molecule has 5 nitrogen and oxygen atoms in total. The van der Waals surface area contributed by atoms with E-state index in [0.29, 0.717) is 6.54 Å². The lowest BCUT2D eigenvalue weighted by Gasteiger charge is -2.19. The number of carbonyl (C=O) groups excluding carboxylic acids is 2. The van der Waals surface area contributed by atoms with E-state index in [0.717, 1.165) is 4.88 Å². The van der Waals surface area contributed by atoms with E-state index in [4.69, 9.17) is 0 Å². The Morgan fingerprint density at radius 3 is 2.89 bits per heavy atom. The molecule has 0 aromatic carbocycles. The van der Waals surface area contributed by atoms with Gasteiger partial charge in [-0.25, -0.2) is 0 Å². The topological polar surface area (TPSA) is 62.1 Å². The Kier molecular flexibility index (Phi) is 3.66. The van der Waals surface area contributed by atoms with Gasteiger partial charge in [-0.1, -0.05) is 0 Å². The lowest BCUT2D eigenvalue weighted by molar-refractivity contribution is -0.130. The van der Waals surface area contributed by atoms with Crippen LogP contribution in [-0.4, -0.2) is 29.8 Å². The number of thiophene rings is 1. The van der Waals surface area contributed by atoms with Crippen molar-refractivity contribution in [2.24, 2.45) is 10.2 Å². The lowest BCUT2D eigenvalue weighted by atomic mass is 10.2. The zero-order valence-electron chi connectivity index (χ0n) is 10.2. The summed E-state index contributed by atoms with van der Waals surface area (Å²) in [6.45, 7) is 2.57. The van der Waals surface area contributed by atoms with Crippen LogP contribution in [0.25, 0.3) is 0 Å². The predicted molar refractivity (Wildman–Crippen MR) is 68.3 cm³/mol. The molecule has 6 heteroatoms. The fraction of sp³-hybridized carbons (Fsp3) is 0.333. The van der Waals surface area contributed by atoms with E-state index in [1.54, 1.807) is 23.3 Å². The van der Waals surface area contributed by atoms with Crippen LogP contribution in [0.2, 0.25) is 0 Å². The van der Waals surface area contributed by atoms with Gasteiger partial charge in [-0.05, 0) is 30.0 Å². The maximum absolute atomic E-state index is 12.1. The van der Waals surface area contributed by atoms with Crippen molar-refractivity contribution in [2.75, 3.05) is 7.05 Å². The second-order valence-corrected chi connectivity index (χ2v) is 5.08. The summed E-state index contributed by atoms with van der Waals surface area (Å²) in [5.41, 5.74) is 1.18. The zero-order chi connectivity index (χ0) is 13.1. The predicted octanol–water partition coefficient (Wildman–Crippen LogP) is 1.93. The second kappa shape index (κ2) is 5.22. The molecule has 1 aliphatic rings. The van der Waals surface area contributed by atoms with Crippen molar-refractivity contribution < 1.29 is 9.59 Å². The van der Waals surface area contributed by atoms with Crippen LogP contribution >= 0.6 is 11.3 Å². The molecular weight excluding hydrogens is 250 g/mol. The number of likely N-dealkylation sites (N-methyl/N-ethyl adjacent to an activating group) is 1. The van der Waals surface area contributed by atoms with Crippen LogP contribution in [0.4, 0.5) is 0 Å². The summed E-state index contributed by atoms with van der Waals surface area (Å²) in [5.74, 6) is -0.578. The molecule has 0 fully saturated rings. The molecule has 18 heavy (non-hydrogen) atoms. The highest BCUT2D eigenvalue weighted by molar-refractivity contribution is 7.10.